The third kappa shape index (κ3) is 3.56. The number of nitro benzene ring substituents is 1. The first-order valence-corrected chi connectivity index (χ1v) is 9.78. The van der Waals surface area contributed by atoms with E-state index in [2.05, 4.69) is 22.8 Å². The van der Waals surface area contributed by atoms with Crippen molar-refractivity contribution >= 4 is 28.1 Å². The van der Waals surface area contributed by atoms with E-state index in [-0.39, 0.29) is 10.6 Å². The molecule has 1 aromatic heterocycles. The van der Waals surface area contributed by atoms with Gasteiger partial charge in [-0.2, -0.15) is 0 Å². The van der Waals surface area contributed by atoms with Gasteiger partial charge in [0, 0.05) is 49.4 Å². The van der Waals surface area contributed by atoms with Crippen LogP contribution in [0.1, 0.15) is 5.56 Å². The summed E-state index contributed by atoms with van der Waals surface area (Å²) in [5, 5.41) is 11.8. The molecule has 2 aromatic carbocycles. The maximum absolute atomic E-state index is 10.9. The highest BCUT2D eigenvalue weighted by molar-refractivity contribution is 5.94. The Hall–Kier alpha value is -3.55. The number of methoxy groups -OCH3 is 2. The highest BCUT2D eigenvalue weighted by Gasteiger charge is 2.21. The molecule has 0 unspecified atom stereocenters. The van der Waals surface area contributed by atoms with Gasteiger partial charge in [-0.15, -0.1) is 0 Å². The molecule has 156 valence electrons. The average Bonchev–Trinajstić information content (AvgIpc) is 2.78. The molecule has 0 saturated carbocycles. The van der Waals surface area contributed by atoms with Crippen molar-refractivity contribution in [1.82, 2.24) is 4.98 Å². The third-order valence-corrected chi connectivity index (χ3v) is 5.54. The number of hydrogen-bond acceptors (Lipinski definition) is 7. The maximum atomic E-state index is 10.9. The summed E-state index contributed by atoms with van der Waals surface area (Å²) in [4.78, 5) is 19.9. The number of piperazine rings is 1. The summed E-state index contributed by atoms with van der Waals surface area (Å²) < 4.78 is 11.1. The van der Waals surface area contributed by atoms with E-state index in [9.17, 15) is 10.1 Å². The second kappa shape index (κ2) is 8.06. The van der Waals surface area contributed by atoms with Crippen LogP contribution in [0.2, 0.25) is 0 Å². The fourth-order valence-electron chi connectivity index (χ4n) is 3.93. The molecule has 0 spiro atoms. The first kappa shape index (κ1) is 19.8. The molecule has 0 amide bonds. The lowest BCUT2D eigenvalue weighted by Crippen LogP contribution is -2.46. The third-order valence-electron chi connectivity index (χ3n) is 5.54. The van der Waals surface area contributed by atoms with Gasteiger partial charge < -0.3 is 19.3 Å². The monoisotopic (exact) mass is 408 g/mol. The number of nitrogens with zero attached hydrogens (tertiary/aromatic N) is 4. The molecular weight excluding hydrogens is 384 g/mol. The normalized spacial score (nSPS) is 14.1. The van der Waals surface area contributed by atoms with Gasteiger partial charge in [0.1, 0.15) is 22.8 Å². The number of non-ortho nitro benzene ring substituents is 1. The Morgan fingerprint density at radius 2 is 1.53 bits per heavy atom. The van der Waals surface area contributed by atoms with Crippen LogP contribution >= 0.6 is 0 Å². The Morgan fingerprint density at radius 3 is 2.13 bits per heavy atom. The van der Waals surface area contributed by atoms with Crippen LogP contribution in [0.15, 0.2) is 42.5 Å². The van der Waals surface area contributed by atoms with Gasteiger partial charge in [-0.3, -0.25) is 10.1 Å². The number of hydrogen-bond donors (Lipinski definition) is 0. The lowest BCUT2D eigenvalue weighted by molar-refractivity contribution is -0.384. The van der Waals surface area contributed by atoms with E-state index in [0.717, 1.165) is 65.6 Å². The van der Waals surface area contributed by atoms with E-state index in [1.54, 1.807) is 26.4 Å². The van der Waals surface area contributed by atoms with E-state index in [0.29, 0.717) is 0 Å². The molecule has 30 heavy (non-hydrogen) atoms. The first-order valence-electron chi connectivity index (χ1n) is 9.78. The number of rotatable bonds is 5. The Morgan fingerprint density at radius 1 is 0.933 bits per heavy atom. The van der Waals surface area contributed by atoms with Gasteiger partial charge >= 0.3 is 0 Å². The first-order chi connectivity index (χ1) is 14.5. The van der Waals surface area contributed by atoms with E-state index in [1.807, 2.05) is 24.3 Å². The molecule has 0 atom stereocenters. The predicted octanol–water partition coefficient (Wildman–Crippen LogP) is 3.80. The zero-order valence-electron chi connectivity index (χ0n) is 17.3. The highest BCUT2D eigenvalue weighted by Crippen LogP contribution is 2.36. The minimum absolute atomic E-state index is 0.109. The predicted molar refractivity (Wildman–Crippen MR) is 117 cm³/mol. The van der Waals surface area contributed by atoms with Crippen LogP contribution in [0.4, 0.5) is 17.2 Å². The van der Waals surface area contributed by atoms with Gasteiger partial charge in [0.05, 0.1) is 19.1 Å². The van der Waals surface area contributed by atoms with Crippen LogP contribution in [0.3, 0.4) is 0 Å². The number of nitro groups is 1. The van der Waals surface area contributed by atoms with E-state index in [1.165, 1.54) is 0 Å². The van der Waals surface area contributed by atoms with Gasteiger partial charge in [-0.1, -0.05) is 0 Å². The lowest BCUT2D eigenvalue weighted by atomic mass is 10.1. The maximum Gasteiger partial charge on any atom is 0.269 e. The van der Waals surface area contributed by atoms with Crippen molar-refractivity contribution in [2.45, 2.75) is 6.92 Å². The fraction of sp³-hybridized carbons (Fsp3) is 0.318. The molecule has 8 nitrogen and oxygen atoms in total. The van der Waals surface area contributed by atoms with Crippen LogP contribution < -0.4 is 19.3 Å². The van der Waals surface area contributed by atoms with Crippen LogP contribution in [-0.2, 0) is 0 Å². The molecule has 1 aliphatic rings. The topological polar surface area (TPSA) is 81.0 Å². The molecule has 3 aromatic rings. The average molecular weight is 408 g/mol. The van der Waals surface area contributed by atoms with Crippen molar-refractivity contribution < 1.29 is 14.4 Å². The summed E-state index contributed by atoms with van der Waals surface area (Å²) in [5.74, 6) is 2.42. The molecule has 0 radical (unpaired) electrons. The summed E-state index contributed by atoms with van der Waals surface area (Å²) in [5.41, 5.74) is 2.99. The van der Waals surface area contributed by atoms with Crippen LogP contribution in [0.25, 0.3) is 10.9 Å². The molecule has 1 aliphatic heterocycles. The molecule has 0 bridgehead atoms. The molecule has 4 rings (SSSR count). The zero-order valence-corrected chi connectivity index (χ0v) is 17.3. The van der Waals surface area contributed by atoms with Gasteiger partial charge in [0.15, 0.2) is 0 Å². The van der Waals surface area contributed by atoms with Crippen molar-refractivity contribution in [3.05, 3.63) is 58.1 Å². The number of benzene rings is 2. The van der Waals surface area contributed by atoms with Crippen molar-refractivity contribution in [2.75, 3.05) is 50.2 Å². The van der Waals surface area contributed by atoms with Crippen molar-refractivity contribution in [1.29, 1.82) is 0 Å². The summed E-state index contributed by atoms with van der Waals surface area (Å²) in [7, 11) is 3.31. The second-order valence-corrected chi connectivity index (χ2v) is 7.24. The number of ether oxygens (including phenoxy) is 2. The van der Waals surface area contributed by atoms with Crippen molar-refractivity contribution in [3.63, 3.8) is 0 Å². The van der Waals surface area contributed by atoms with E-state index >= 15 is 0 Å². The van der Waals surface area contributed by atoms with Crippen molar-refractivity contribution in [2.24, 2.45) is 0 Å². The number of aromatic nitrogens is 1. The summed E-state index contributed by atoms with van der Waals surface area (Å²) >= 11 is 0. The molecule has 8 heteroatoms. The van der Waals surface area contributed by atoms with Crippen LogP contribution in [-0.4, -0.2) is 50.3 Å². The molecule has 2 heterocycles. The molecule has 0 N–H and O–H groups in total. The largest absolute Gasteiger partial charge is 0.496 e. The Bertz CT molecular complexity index is 1080. The highest BCUT2D eigenvalue weighted by atomic mass is 16.6. The smallest absolute Gasteiger partial charge is 0.269 e. The molecule has 1 fully saturated rings. The Kier molecular flexibility index (Phi) is 5.31. The SMILES string of the molecule is COc1ccc(OC)c2c(C)cc(N3CCN(c4ccc([N+](=O)[O-])cc4)CC3)nc12. The van der Waals surface area contributed by atoms with Crippen LogP contribution in [0, 0.1) is 17.0 Å². The lowest BCUT2D eigenvalue weighted by Gasteiger charge is -2.37. The van der Waals surface area contributed by atoms with Crippen LogP contribution in [0.5, 0.6) is 11.5 Å². The minimum Gasteiger partial charge on any atom is -0.496 e. The Balaban J connectivity index is 1.56. The number of aryl methyl sites for hydroxylation is 1. The molecular formula is C22H24N4O4. The quantitative estimate of drug-likeness (QED) is 0.469. The standard InChI is InChI=1S/C22H24N4O4/c1-15-14-20(23-22-19(30-3)9-8-18(29-2)21(15)22)25-12-10-24(11-13-25)16-4-6-17(7-5-16)26(27)28/h4-9,14H,10-13H2,1-3H3. The summed E-state index contributed by atoms with van der Waals surface area (Å²) in [6.07, 6.45) is 0. The van der Waals surface area contributed by atoms with Gasteiger partial charge in [0.25, 0.3) is 5.69 Å². The summed E-state index contributed by atoms with van der Waals surface area (Å²) in [6.45, 7) is 5.29. The molecule has 0 aliphatic carbocycles. The van der Waals surface area contributed by atoms with E-state index in [4.69, 9.17) is 14.5 Å². The fourth-order valence-corrected chi connectivity index (χ4v) is 3.93. The second-order valence-electron chi connectivity index (χ2n) is 7.24. The van der Waals surface area contributed by atoms with E-state index < -0.39 is 0 Å². The van der Waals surface area contributed by atoms with Crippen molar-refractivity contribution in [3.8, 4) is 11.5 Å². The number of anilines is 2. The minimum atomic E-state index is -0.376. The number of fused-ring (bicyclic) bond motifs is 1. The summed E-state index contributed by atoms with van der Waals surface area (Å²) in [6, 6.07) is 12.6. The Labute approximate surface area is 174 Å². The molecule has 1 saturated heterocycles. The van der Waals surface area contributed by atoms with Gasteiger partial charge in [-0.05, 0) is 42.8 Å². The number of pyridine rings is 1. The zero-order chi connectivity index (χ0) is 21.3. The van der Waals surface area contributed by atoms with Gasteiger partial charge in [0.2, 0.25) is 0 Å². The van der Waals surface area contributed by atoms with Gasteiger partial charge in [-0.25, -0.2) is 4.98 Å².